The zero-order chi connectivity index (χ0) is 24.9. The zero-order valence-corrected chi connectivity index (χ0v) is 20.1. The third-order valence-corrected chi connectivity index (χ3v) is 6.26. The van der Waals surface area contributed by atoms with Crippen LogP contribution in [0.25, 0.3) is 0 Å². The van der Waals surface area contributed by atoms with E-state index in [-0.39, 0.29) is 30.2 Å². The van der Waals surface area contributed by atoms with Crippen LogP contribution in [0.5, 0.6) is 5.75 Å². The maximum absolute atomic E-state index is 13.3. The van der Waals surface area contributed by atoms with Crippen molar-refractivity contribution in [2.45, 2.75) is 32.4 Å². The van der Waals surface area contributed by atoms with Crippen molar-refractivity contribution in [3.05, 3.63) is 113 Å². The number of carbonyl (C=O) groups is 2. The van der Waals surface area contributed by atoms with Gasteiger partial charge in [0.1, 0.15) is 18.1 Å². The summed E-state index contributed by atoms with van der Waals surface area (Å²) >= 11 is 0. The van der Waals surface area contributed by atoms with Crippen LogP contribution in [0.3, 0.4) is 0 Å². The molecule has 36 heavy (non-hydrogen) atoms. The fourth-order valence-electron chi connectivity index (χ4n) is 4.50. The van der Waals surface area contributed by atoms with Gasteiger partial charge in [-0.3, -0.25) is 9.59 Å². The first-order valence-corrected chi connectivity index (χ1v) is 12.2. The van der Waals surface area contributed by atoms with Crippen molar-refractivity contribution in [2.24, 2.45) is 0 Å². The Kier molecular flexibility index (Phi) is 6.89. The Morgan fingerprint density at radius 3 is 2.67 bits per heavy atom. The minimum atomic E-state index is -0.270. The molecule has 5 rings (SSSR count). The van der Waals surface area contributed by atoms with Crippen LogP contribution in [0.2, 0.25) is 0 Å². The summed E-state index contributed by atoms with van der Waals surface area (Å²) in [6.45, 7) is 3.36. The summed E-state index contributed by atoms with van der Waals surface area (Å²) in [5, 5.41) is 2.80. The first kappa shape index (κ1) is 23.5. The lowest BCUT2D eigenvalue weighted by molar-refractivity contribution is 0.0661. The fraction of sp³-hybridized carbons (Fsp3) is 0.241. The average Bonchev–Trinajstić information content (AvgIpc) is 3.63. The van der Waals surface area contributed by atoms with Crippen LogP contribution in [0.1, 0.15) is 62.9 Å². The molecule has 0 bridgehead atoms. The van der Waals surface area contributed by atoms with E-state index in [0.29, 0.717) is 30.4 Å². The topological polar surface area (TPSA) is 84.9 Å². The number of ether oxygens (including phenoxy) is 1. The van der Waals surface area contributed by atoms with Crippen LogP contribution >= 0.6 is 0 Å². The summed E-state index contributed by atoms with van der Waals surface area (Å²) in [6.07, 6.45) is 3.11. The van der Waals surface area contributed by atoms with Gasteiger partial charge in [-0.25, -0.2) is 0 Å². The number of furan rings is 2. The molecule has 7 nitrogen and oxygen atoms in total. The highest BCUT2D eigenvalue weighted by Crippen LogP contribution is 2.38. The number of nitrogens with zero attached hydrogens (tertiary/aromatic N) is 1. The van der Waals surface area contributed by atoms with E-state index in [1.54, 1.807) is 24.3 Å². The van der Waals surface area contributed by atoms with E-state index in [2.05, 4.69) is 11.4 Å². The van der Waals surface area contributed by atoms with Gasteiger partial charge in [0.2, 0.25) is 0 Å². The second-order valence-electron chi connectivity index (χ2n) is 8.71. The van der Waals surface area contributed by atoms with E-state index in [4.69, 9.17) is 13.6 Å². The molecule has 0 radical (unpaired) electrons. The van der Waals surface area contributed by atoms with Gasteiger partial charge in [-0.2, -0.15) is 0 Å². The zero-order valence-electron chi connectivity index (χ0n) is 20.1. The molecule has 0 aliphatic carbocycles. The number of carbonyl (C=O) groups excluding carboxylic acids is 2. The highest BCUT2D eigenvalue weighted by Gasteiger charge is 2.34. The van der Waals surface area contributed by atoms with E-state index < -0.39 is 0 Å². The molecule has 0 fully saturated rings. The van der Waals surface area contributed by atoms with Crippen molar-refractivity contribution in [2.75, 3.05) is 13.1 Å². The monoisotopic (exact) mass is 484 g/mol. The van der Waals surface area contributed by atoms with Gasteiger partial charge in [0, 0.05) is 13.1 Å². The normalized spacial score (nSPS) is 14.8. The summed E-state index contributed by atoms with van der Waals surface area (Å²) in [5.41, 5.74) is 3.21. The molecule has 1 aliphatic heterocycles. The van der Waals surface area contributed by atoms with Gasteiger partial charge in [0.05, 0.1) is 12.3 Å². The standard InChI is InChI=1S/C29H28N2O5/c1-2-15-30-28(32)25-13-12-23(36-25)19-35-22-11-10-20-14-16-31(29(33)26-9-6-17-34-26)27(24(20)18-22)21-7-4-3-5-8-21/h3-13,17-18,27H,2,14-16,19H2,1H3,(H,30,32). The number of rotatable bonds is 8. The van der Waals surface area contributed by atoms with E-state index in [9.17, 15) is 9.59 Å². The molecule has 1 N–H and O–H groups in total. The van der Waals surface area contributed by atoms with Gasteiger partial charge in [0.25, 0.3) is 11.8 Å². The highest BCUT2D eigenvalue weighted by molar-refractivity contribution is 5.92. The van der Waals surface area contributed by atoms with Crippen LogP contribution in [0, 0.1) is 0 Å². The second-order valence-corrected chi connectivity index (χ2v) is 8.71. The van der Waals surface area contributed by atoms with Gasteiger partial charge < -0.3 is 23.8 Å². The molecule has 4 aromatic rings. The van der Waals surface area contributed by atoms with Crippen molar-refractivity contribution in [3.8, 4) is 5.75 Å². The van der Waals surface area contributed by atoms with Gasteiger partial charge in [-0.1, -0.05) is 43.3 Å². The molecular formula is C29H28N2O5. The number of benzene rings is 2. The van der Waals surface area contributed by atoms with Crippen LogP contribution < -0.4 is 10.1 Å². The van der Waals surface area contributed by atoms with Crippen molar-refractivity contribution >= 4 is 11.8 Å². The van der Waals surface area contributed by atoms with Crippen molar-refractivity contribution in [1.29, 1.82) is 0 Å². The number of nitrogens with one attached hydrogen (secondary N) is 1. The lowest BCUT2D eigenvalue weighted by Gasteiger charge is -2.37. The third-order valence-electron chi connectivity index (χ3n) is 6.26. The summed E-state index contributed by atoms with van der Waals surface area (Å²) in [4.78, 5) is 27.3. The molecule has 184 valence electrons. The second kappa shape index (κ2) is 10.6. The quantitative estimate of drug-likeness (QED) is 0.363. The molecule has 7 heteroatoms. The highest BCUT2D eigenvalue weighted by atomic mass is 16.5. The number of amides is 2. The Hall–Kier alpha value is -4.26. The molecule has 2 aromatic carbocycles. The van der Waals surface area contributed by atoms with Crippen LogP contribution in [0.4, 0.5) is 0 Å². The molecule has 0 spiro atoms. The first-order chi connectivity index (χ1) is 17.6. The first-order valence-electron chi connectivity index (χ1n) is 12.2. The van der Waals surface area contributed by atoms with E-state index >= 15 is 0 Å². The van der Waals surface area contributed by atoms with Crippen molar-refractivity contribution in [3.63, 3.8) is 0 Å². The van der Waals surface area contributed by atoms with Crippen molar-refractivity contribution < 1.29 is 23.2 Å². The number of hydrogen-bond donors (Lipinski definition) is 1. The van der Waals surface area contributed by atoms with Crippen LogP contribution in [0.15, 0.2) is 87.9 Å². The van der Waals surface area contributed by atoms with Gasteiger partial charge in [-0.15, -0.1) is 0 Å². The van der Waals surface area contributed by atoms with E-state index in [0.717, 1.165) is 24.0 Å². The maximum Gasteiger partial charge on any atom is 0.290 e. The molecule has 1 atom stereocenters. The Morgan fingerprint density at radius 1 is 1.03 bits per heavy atom. The van der Waals surface area contributed by atoms with Crippen molar-refractivity contribution in [1.82, 2.24) is 10.2 Å². The fourth-order valence-corrected chi connectivity index (χ4v) is 4.50. The molecule has 1 aliphatic rings. The molecule has 2 amide bonds. The lowest BCUT2D eigenvalue weighted by atomic mass is 9.87. The Balaban J connectivity index is 1.39. The van der Waals surface area contributed by atoms with Crippen LogP contribution in [-0.4, -0.2) is 29.8 Å². The average molecular weight is 485 g/mol. The van der Waals surface area contributed by atoms with Gasteiger partial charge in [-0.05, 0) is 65.9 Å². The molecule has 0 saturated carbocycles. The van der Waals surface area contributed by atoms with Gasteiger partial charge in [0.15, 0.2) is 11.5 Å². The summed E-state index contributed by atoms with van der Waals surface area (Å²) in [7, 11) is 0. The summed E-state index contributed by atoms with van der Waals surface area (Å²) in [6, 6.07) is 22.5. The molecule has 0 saturated heterocycles. The maximum atomic E-state index is 13.3. The smallest absolute Gasteiger partial charge is 0.290 e. The minimum Gasteiger partial charge on any atom is -0.486 e. The number of hydrogen-bond acceptors (Lipinski definition) is 5. The molecule has 3 heterocycles. The molecule has 2 aromatic heterocycles. The van der Waals surface area contributed by atoms with E-state index in [1.807, 2.05) is 54.3 Å². The Morgan fingerprint density at radius 2 is 1.89 bits per heavy atom. The summed E-state index contributed by atoms with van der Waals surface area (Å²) < 4.78 is 17.1. The number of fused-ring (bicyclic) bond motifs is 1. The Bertz CT molecular complexity index is 1330. The Labute approximate surface area is 209 Å². The molecular weight excluding hydrogens is 456 g/mol. The minimum absolute atomic E-state index is 0.143. The predicted molar refractivity (Wildman–Crippen MR) is 134 cm³/mol. The van der Waals surface area contributed by atoms with E-state index in [1.165, 1.54) is 11.8 Å². The van der Waals surface area contributed by atoms with Gasteiger partial charge >= 0.3 is 0 Å². The predicted octanol–water partition coefficient (Wildman–Crippen LogP) is 5.38. The lowest BCUT2D eigenvalue weighted by Crippen LogP contribution is -2.40. The van der Waals surface area contributed by atoms with Crippen LogP contribution in [-0.2, 0) is 13.0 Å². The SMILES string of the molecule is CCCNC(=O)c1ccc(COc2ccc3c(c2)C(c2ccccc2)N(C(=O)c2ccco2)CC3)o1. The third kappa shape index (κ3) is 4.91. The molecule has 1 unspecified atom stereocenters. The largest absolute Gasteiger partial charge is 0.486 e. The summed E-state index contributed by atoms with van der Waals surface area (Å²) in [5.74, 6) is 1.44.